The molecule has 0 unspecified atom stereocenters. The summed E-state index contributed by atoms with van der Waals surface area (Å²) in [5.74, 6) is 0.262. The lowest BCUT2D eigenvalue weighted by Crippen LogP contribution is -2.17. The van der Waals surface area contributed by atoms with Gasteiger partial charge in [0, 0.05) is 11.4 Å². The van der Waals surface area contributed by atoms with Gasteiger partial charge < -0.3 is 10.1 Å². The van der Waals surface area contributed by atoms with Gasteiger partial charge in [-0.05, 0) is 48.2 Å². The summed E-state index contributed by atoms with van der Waals surface area (Å²) in [6, 6.07) is 21.9. The van der Waals surface area contributed by atoms with Crippen molar-refractivity contribution in [1.29, 1.82) is 0 Å². The van der Waals surface area contributed by atoms with Gasteiger partial charge in [-0.25, -0.2) is 4.39 Å². The number of thioether (sulfide) groups is 1. The summed E-state index contributed by atoms with van der Waals surface area (Å²) in [4.78, 5) is 12.9. The molecular formula is C27H27FN4O2S. The molecule has 3 aromatic carbocycles. The number of para-hydroxylation sites is 3. The highest BCUT2D eigenvalue weighted by molar-refractivity contribution is 7.99. The summed E-state index contributed by atoms with van der Waals surface area (Å²) in [5, 5.41) is 12.2. The minimum absolute atomic E-state index is 0.0271. The second kappa shape index (κ2) is 11.7. The van der Waals surface area contributed by atoms with Crippen molar-refractivity contribution >= 4 is 23.4 Å². The highest BCUT2D eigenvalue weighted by Crippen LogP contribution is 2.26. The highest BCUT2D eigenvalue weighted by Gasteiger charge is 2.18. The summed E-state index contributed by atoms with van der Waals surface area (Å²) in [7, 11) is 0. The highest BCUT2D eigenvalue weighted by atomic mass is 32.2. The number of ether oxygens (including phenoxy) is 1. The van der Waals surface area contributed by atoms with E-state index in [2.05, 4.69) is 29.4 Å². The number of aromatic nitrogens is 3. The number of nitrogens with zero attached hydrogens (tertiary/aromatic N) is 3. The number of halogens is 1. The van der Waals surface area contributed by atoms with Crippen molar-refractivity contribution in [3.05, 3.63) is 95.6 Å². The van der Waals surface area contributed by atoms with Crippen LogP contribution in [0.4, 0.5) is 10.1 Å². The number of nitrogens with one attached hydrogen (secondary N) is 1. The Morgan fingerprint density at radius 2 is 1.63 bits per heavy atom. The van der Waals surface area contributed by atoms with E-state index in [0.29, 0.717) is 11.0 Å². The molecule has 1 amide bonds. The van der Waals surface area contributed by atoms with Crippen LogP contribution in [0.1, 0.15) is 30.8 Å². The van der Waals surface area contributed by atoms with Crippen molar-refractivity contribution in [2.24, 2.45) is 0 Å². The molecule has 0 saturated carbocycles. The number of aryl methyl sites for hydroxylation is 2. The van der Waals surface area contributed by atoms with Gasteiger partial charge in [0.05, 0.1) is 5.75 Å². The zero-order valence-corrected chi connectivity index (χ0v) is 20.5. The molecule has 0 aliphatic heterocycles. The normalized spacial score (nSPS) is 10.8. The molecule has 0 aliphatic rings. The summed E-state index contributed by atoms with van der Waals surface area (Å²) >= 11 is 1.29. The third kappa shape index (κ3) is 5.89. The SMILES string of the molecule is CCc1cccc(CC)c1NC(=O)CSc1nnc(COc2ccccc2F)n1-c1ccccc1. The summed E-state index contributed by atoms with van der Waals surface area (Å²) in [5.41, 5.74) is 3.95. The molecule has 0 fully saturated rings. The van der Waals surface area contributed by atoms with Gasteiger partial charge in [0.1, 0.15) is 6.61 Å². The summed E-state index contributed by atoms with van der Waals surface area (Å²) in [6.07, 6.45) is 1.68. The zero-order chi connectivity index (χ0) is 24.6. The number of amides is 1. The largest absolute Gasteiger partial charge is 0.483 e. The molecule has 0 aliphatic carbocycles. The van der Waals surface area contributed by atoms with Crippen LogP contribution in [0.25, 0.3) is 5.69 Å². The maximum absolute atomic E-state index is 14.0. The lowest BCUT2D eigenvalue weighted by atomic mass is 10.0. The summed E-state index contributed by atoms with van der Waals surface area (Å²) < 4.78 is 21.5. The number of carbonyl (C=O) groups is 1. The zero-order valence-electron chi connectivity index (χ0n) is 19.7. The Balaban J connectivity index is 1.52. The Morgan fingerprint density at radius 1 is 0.943 bits per heavy atom. The predicted octanol–water partition coefficient (Wildman–Crippen LogP) is 5.84. The van der Waals surface area contributed by atoms with Crippen molar-refractivity contribution in [3.63, 3.8) is 0 Å². The number of benzene rings is 3. The third-order valence-corrected chi connectivity index (χ3v) is 6.43. The third-order valence-electron chi connectivity index (χ3n) is 5.50. The first-order valence-corrected chi connectivity index (χ1v) is 12.5. The molecule has 0 bridgehead atoms. The van der Waals surface area contributed by atoms with Crippen molar-refractivity contribution in [3.8, 4) is 11.4 Å². The van der Waals surface area contributed by atoms with Crippen molar-refractivity contribution in [1.82, 2.24) is 14.8 Å². The Bertz CT molecular complexity index is 1270. The minimum Gasteiger partial charge on any atom is -0.483 e. The van der Waals surface area contributed by atoms with Crippen LogP contribution in [-0.2, 0) is 24.2 Å². The van der Waals surface area contributed by atoms with Gasteiger partial charge in [0.2, 0.25) is 5.91 Å². The van der Waals surface area contributed by atoms with E-state index in [9.17, 15) is 9.18 Å². The molecule has 35 heavy (non-hydrogen) atoms. The van der Waals surface area contributed by atoms with Gasteiger partial charge in [0.25, 0.3) is 0 Å². The van der Waals surface area contributed by atoms with Crippen LogP contribution in [0, 0.1) is 5.82 Å². The Morgan fingerprint density at radius 3 is 2.31 bits per heavy atom. The quantitative estimate of drug-likeness (QED) is 0.283. The van der Waals surface area contributed by atoms with E-state index in [1.807, 2.05) is 53.1 Å². The molecule has 6 nitrogen and oxygen atoms in total. The van der Waals surface area contributed by atoms with E-state index in [1.54, 1.807) is 18.2 Å². The van der Waals surface area contributed by atoms with Crippen LogP contribution >= 0.6 is 11.8 Å². The molecule has 0 atom stereocenters. The number of hydrogen-bond donors (Lipinski definition) is 1. The van der Waals surface area contributed by atoms with Crippen molar-refractivity contribution in [2.45, 2.75) is 38.5 Å². The Hall–Kier alpha value is -3.65. The molecule has 8 heteroatoms. The Kier molecular flexibility index (Phi) is 8.15. The maximum Gasteiger partial charge on any atom is 0.234 e. The fraction of sp³-hybridized carbons (Fsp3) is 0.222. The van der Waals surface area contributed by atoms with Crippen LogP contribution in [-0.4, -0.2) is 26.4 Å². The molecule has 0 radical (unpaired) electrons. The number of hydrogen-bond acceptors (Lipinski definition) is 5. The predicted molar refractivity (Wildman–Crippen MR) is 137 cm³/mol. The Labute approximate surface area is 208 Å². The first kappa shape index (κ1) is 24.5. The molecule has 1 heterocycles. The second-order valence-corrected chi connectivity index (χ2v) is 8.73. The topological polar surface area (TPSA) is 69.0 Å². The molecule has 0 spiro atoms. The van der Waals surface area contributed by atoms with Crippen molar-refractivity contribution < 1.29 is 13.9 Å². The summed E-state index contributed by atoms with van der Waals surface area (Å²) in [6.45, 7) is 4.18. The standard InChI is InChI=1S/C27H27FN4O2S/c1-3-19-11-10-12-20(4-2)26(19)29-25(33)18-35-27-31-30-24(32(27)21-13-6-5-7-14-21)17-34-23-16-9-8-15-22(23)28/h5-16H,3-4,17-18H2,1-2H3,(H,29,33). The van der Waals surface area contributed by atoms with Crippen LogP contribution in [0.5, 0.6) is 5.75 Å². The van der Waals surface area contributed by atoms with Gasteiger partial charge in [-0.1, -0.05) is 74.1 Å². The molecule has 1 aromatic heterocycles. The molecule has 4 rings (SSSR count). The smallest absolute Gasteiger partial charge is 0.234 e. The van der Waals surface area contributed by atoms with Gasteiger partial charge >= 0.3 is 0 Å². The van der Waals surface area contributed by atoms with Crippen LogP contribution in [0.3, 0.4) is 0 Å². The van der Waals surface area contributed by atoms with Gasteiger partial charge in [-0.2, -0.15) is 0 Å². The average molecular weight is 491 g/mol. The van der Waals surface area contributed by atoms with Crippen LogP contribution in [0.15, 0.2) is 78.0 Å². The fourth-order valence-electron chi connectivity index (χ4n) is 3.74. The average Bonchev–Trinajstić information content (AvgIpc) is 3.30. The lowest BCUT2D eigenvalue weighted by molar-refractivity contribution is -0.113. The molecule has 180 valence electrons. The first-order valence-electron chi connectivity index (χ1n) is 11.5. The van der Waals surface area contributed by atoms with E-state index in [-0.39, 0.29) is 24.0 Å². The van der Waals surface area contributed by atoms with E-state index in [1.165, 1.54) is 17.8 Å². The van der Waals surface area contributed by atoms with E-state index >= 15 is 0 Å². The molecular weight excluding hydrogens is 463 g/mol. The number of anilines is 1. The molecule has 0 saturated heterocycles. The van der Waals surface area contributed by atoms with Gasteiger partial charge in [0.15, 0.2) is 22.5 Å². The van der Waals surface area contributed by atoms with Crippen LogP contribution < -0.4 is 10.1 Å². The molecule has 4 aromatic rings. The van der Waals surface area contributed by atoms with Gasteiger partial charge in [-0.3, -0.25) is 9.36 Å². The minimum atomic E-state index is -0.441. The first-order chi connectivity index (χ1) is 17.1. The number of rotatable bonds is 10. The monoisotopic (exact) mass is 490 g/mol. The number of carbonyl (C=O) groups excluding carboxylic acids is 1. The fourth-order valence-corrected chi connectivity index (χ4v) is 4.51. The van der Waals surface area contributed by atoms with E-state index < -0.39 is 5.82 Å². The lowest BCUT2D eigenvalue weighted by Gasteiger charge is -2.14. The van der Waals surface area contributed by atoms with Crippen molar-refractivity contribution in [2.75, 3.05) is 11.1 Å². The second-order valence-electron chi connectivity index (χ2n) is 7.78. The molecule has 1 N–H and O–H groups in total. The van der Waals surface area contributed by atoms with Crippen LogP contribution in [0.2, 0.25) is 0 Å². The maximum atomic E-state index is 14.0. The van der Waals surface area contributed by atoms with E-state index in [0.717, 1.165) is 35.3 Å². The van der Waals surface area contributed by atoms with Gasteiger partial charge in [-0.15, -0.1) is 10.2 Å². The van der Waals surface area contributed by atoms with E-state index in [4.69, 9.17) is 4.74 Å².